The molecule has 0 spiro atoms. The number of amides is 1. The highest BCUT2D eigenvalue weighted by molar-refractivity contribution is 5.95. The molecule has 2 aromatic carbocycles. The van der Waals surface area contributed by atoms with Crippen LogP contribution in [-0.4, -0.2) is 28.9 Å². The van der Waals surface area contributed by atoms with Crippen LogP contribution < -0.4 is 10.1 Å². The fraction of sp³-hybridized carbons (Fsp3) is 0.278. The summed E-state index contributed by atoms with van der Waals surface area (Å²) in [4.78, 5) is 32.2. The SMILES string of the molecule is O=C(NCCCCCOc1ccc(F)cc1)c1cc([N+](=O)[O-])cc([N+](=O)[O-])c1. The molecule has 148 valence electrons. The Morgan fingerprint density at radius 2 is 1.57 bits per heavy atom. The summed E-state index contributed by atoms with van der Waals surface area (Å²) in [6.45, 7) is 0.753. The summed E-state index contributed by atoms with van der Waals surface area (Å²) in [5, 5.41) is 24.3. The van der Waals surface area contributed by atoms with Crippen LogP contribution in [0, 0.1) is 26.0 Å². The van der Waals surface area contributed by atoms with Crippen LogP contribution in [0.1, 0.15) is 29.6 Å². The lowest BCUT2D eigenvalue weighted by Gasteiger charge is -2.07. The van der Waals surface area contributed by atoms with Gasteiger partial charge in [0.25, 0.3) is 17.3 Å². The predicted molar refractivity (Wildman–Crippen MR) is 97.8 cm³/mol. The molecule has 9 nitrogen and oxygen atoms in total. The van der Waals surface area contributed by atoms with Crippen molar-refractivity contribution >= 4 is 17.3 Å². The zero-order valence-electron chi connectivity index (χ0n) is 14.8. The van der Waals surface area contributed by atoms with E-state index in [1.54, 1.807) is 0 Å². The van der Waals surface area contributed by atoms with Crippen LogP contribution in [0.15, 0.2) is 42.5 Å². The summed E-state index contributed by atoms with van der Waals surface area (Å²) in [6, 6.07) is 8.49. The predicted octanol–water partition coefficient (Wildman–Crippen LogP) is 3.62. The van der Waals surface area contributed by atoms with Gasteiger partial charge in [-0.05, 0) is 43.5 Å². The van der Waals surface area contributed by atoms with E-state index in [0.29, 0.717) is 25.3 Å². The largest absolute Gasteiger partial charge is 0.494 e. The van der Waals surface area contributed by atoms with Gasteiger partial charge in [0.05, 0.1) is 28.1 Å². The van der Waals surface area contributed by atoms with E-state index in [4.69, 9.17) is 4.74 Å². The van der Waals surface area contributed by atoms with Crippen molar-refractivity contribution in [2.45, 2.75) is 19.3 Å². The summed E-state index contributed by atoms with van der Waals surface area (Å²) in [5.41, 5.74) is -1.17. The number of carbonyl (C=O) groups is 1. The van der Waals surface area contributed by atoms with Gasteiger partial charge in [-0.3, -0.25) is 25.0 Å². The Balaban J connectivity index is 1.74. The number of rotatable bonds is 10. The highest BCUT2D eigenvalue weighted by Gasteiger charge is 2.19. The number of hydrogen-bond acceptors (Lipinski definition) is 6. The minimum absolute atomic E-state index is 0.138. The van der Waals surface area contributed by atoms with E-state index >= 15 is 0 Å². The number of ether oxygens (including phenoxy) is 1. The number of nitro benzene ring substituents is 2. The van der Waals surface area contributed by atoms with Crippen LogP contribution in [0.25, 0.3) is 0 Å². The number of halogens is 1. The maximum absolute atomic E-state index is 12.8. The lowest BCUT2D eigenvalue weighted by atomic mass is 10.1. The van der Waals surface area contributed by atoms with Crippen LogP contribution in [-0.2, 0) is 0 Å². The molecule has 0 aliphatic rings. The maximum atomic E-state index is 12.8. The normalized spacial score (nSPS) is 10.3. The first-order valence-corrected chi connectivity index (χ1v) is 8.47. The zero-order chi connectivity index (χ0) is 20.5. The van der Waals surface area contributed by atoms with Crippen molar-refractivity contribution in [3.63, 3.8) is 0 Å². The monoisotopic (exact) mass is 391 g/mol. The number of nitrogens with zero attached hydrogens (tertiary/aromatic N) is 2. The van der Waals surface area contributed by atoms with Crippen LogP contribution >= 0.6 is 0 Å². The third-order valence-corrected chi connectivity index (χ3v) is 3.78. The Kier molecular flexibility index (Phi) is 7.37. The molecule has 0 atom stereocenters. The Hall–Kier alpha value is -3.56. The molecule has 0 saturated heterocycles. The summed E-state index contributed by atoms with van der Waals surface area (Å²) in [5.74, 6) is -0.381. The molecule has 0 aliphatic heterocycles. The summed E-state index contributed by atoms with van der Waals surface area (Å²) in [6.07, 6.45) is 2.10. The first-order chi connectivity index (χ1) is 13.4. The van der Waals surface area contributed by atoms with E-state index in [-0.39, 0.29) is 11.4 Å². The second-order valence-electron chi connectivity index (χ2n) is 5.87. The van der Waals surface area contributed by atoms with Gasteiger partial charge in [-0.25, -0.2) is 4.39 Å². The van der Waals surface area contributed by atoms with E-state index in [1.165, 1.54) is 24.3 Å². The van der Waals surface area contributed by atoms with Crippen molar-refractivity contribution < 1.29 is 23.8 Å². The summed E-state index contributed by atoms with van der Waals surface area (Å²) >= 11 is 0. The van der Waals surface area contributed by atoms with Crippen molar-refractivity contribution in [2.24, 2.45) is 0 Å². The number of unbranched alkanes of at least 4 members (excludes halogenated alkanes) is 2. The first-order valence-electron chi connectivity index (χ1n) is 8.47. The minimum atomic E-state index is -0.787. The standard InChI is InChI=1S/C18H18FN3O6/c19-14-4-6-17(7-5-14)28-9-3-1-2-8-20-18(23)13-10-15(21(24)25)12-16(11-13)22(26)27/h4-7,10-12H,1-3,8-9H2,(H,20,23). The Morgan fingerprint density at radius 3 is 2.14 bits per heavy atom. The molecule has 0 radical (unpaired) electrons. The fourth-order valence-electron chi connectivity index (χ4n) is 2.37. The Labute approximate surface area is 159 Å². The third-order valence-electron chi connectivity index (χ3n) is 3.78. The second kappa shape index (κ2) is 9.95. The molecule has 0 bridgehead atoms. The molecule has 0 fully saturated rings. The topological polar surface area (TPSA) is 125 Å². The number of hydrogen-bond donors (Lipinski definition) is 1. The molecule has 2 rings (SSSR count). The van der Waals surface area contributed by atoms with E-state index < -0.39 is 27.1 Å². The van der Waals surface area contributed by atoms with Crippen molar-refractivity contribution in [2.75, 3.05) is 13.2 Å². The van der Waals surface area contributed by atoms with Crippen molar-refractivity contribution in [1.82, 2.24) is 5.32 Å². The van der Waals surface area contributed by atoms with Gasteiger partial charge >= 0.3 is 0 Å². The number of carbonyl (C=O) groups excluding carboxylic acids is 1. The van der Waals surface area contributed by atoms with Crippen LogP contribution in [0.3, 0.4) is 0 Å². The number of non-ortho nitro benzene ring substituents is 2. The van der Waals surface area contributed by atoms with E-state index in [2.05, 4.69) is 5.32 Å². The molecular weight excluding hydrogens is 373 g/mol. The van der Waals surface area contributed by atoms with Gasteiger partial charge in [0.15, 0.2) is 0 Å². The van der Waals surface area contributed by atoms with Gasteiger partial charge in [0.2, 0.25) is 0 Å². The van der Waals surface area contributed by atoms with Crippen LogP contribution in [0.2, 0.25) is 0 Å². The zero-order valence-corrected chi connectivity index (χ0v) is 14.8. The number of nitrogens with one attached hydrogen (secondary N) is 1. The highest BCUT2D eigenvalue weighted by Crippen LogP contribution is 2.22. The summed E-state index contributed by atoms with van der Waals surface area (Å²) < 4.78 is 18.2. The second-order valence-corrected chi connectivity index (χ2v) is 5.87. The minimum Gasteiger partial charge on any atom is -0.494 e. The van der Waals surface area contributed by atoms with Gasteiger partial charge < -0.3 is 10.1 Å². The molecule has 0 saturated carbocycles. The van der Waals surface area contributed by atoms with E-state index in [1.807, 2.05) is 0 Å². The van der Waals surface area contributed by atoms with Gasteiger partial charge in [-0.1, -0.05) is 0 Å². The van der Waals surface area contributed by atoms with Gasteiger partial charge in [-0.15, -0.1) is 0 Å². The van der Waals surface area contributed by atoms with E-state index in [0.717, 1.165) is 31.0 Å². The first kappa shape index (κ1) is 20.7. The lowest BCUT2D eigenvalue weighted by Crippen LogP contribution is -2.24. The smallest absolute Gasteiger partial charge is 0.277 e. The molecule has 1 amide bonds. The molecule has 0 heterocycles. The van der Waals surface area contributed by atoms with Gasteiger partial charge in [-0.2, -0.15) is 0 Å². The van der Waals surface area contributed by atoms with Crippen LogP contribution in [0.4, 0.5) is 15.8 Å². The summed E-state index contributed by atoms with van der Waals surface area (Å²) in [7, 11) is 0. The lowest BCUT2D eigenvalue weighted by molar-refractivity contribution is -0.394. The molecule has 10 heteroatoms. The molecule has 1 N–H and O–H groups in total. The number of benzene rings is 2. The fourth-order valence-corrected chi connectivity index (χ4v) is 2.37. The number of nitro groups is 2. The highest BCUT2D eigenvalue weighted by atomic mass is 19.1. The van der Waals surface area contributed by atoms with Crippen molar-refractivity contribution in [3.05, 3.63) is 74.1 Å². The Morgan fingerprint density at radius 1 is 0.964 bits per heavy atom. The van der Waals surface area contributed by atoms with Crippen molar-refractivity contribution in [3.8, 4) is 5.75 Å². The van der Waals surface area contributed by atoms with Crippen molar-refractivity contribution in [1.29, 1.82) is 0 Å². The molecule has 0 aromatic heterocycles. The Bertz CT molecular complexity index is 825. The van der Waals surface area contributed by atoms with Gasteiger partial charge in [0.1, 0.15) is 11.6 Å². The molecule has 0 aliphatic carbocycles. The molecule has 2 aromatic rings. The molecule has 28 heavy (non-hydrogen) atoms. The van der Waals surface area contributed by atoms with Crippen LogP contribution in [0.5, 0.6) is 5.75 Å². The third kappa shape index (κ3) is 6.31. The molecule has 0 unspecified atom stereocenters. The van der Waals surface area contributed by atoms with E-state index in [9.17, 15) is 29.4 Å². The maximum Gasteiger partial charge on any atom is 0.277 e. The molecular formula is C18H18FN3O6. The average Bonchev–Trinajstić information content (AvgIpc) is 2.68. The quantitative estimate of drug-likeness (QED) is 0.375. The average molecular weight is 391 g/mol. The van der Waals surface area contributed by atoms with Gasteiger partial charge in [0, 0.05) is 18.7 Å².